The molecule has 0 heterocycles. The number of amides is 2. The zero-order chi connectivity index (χ0) is 20.7. The van der Waals surface area contributed by atoms with Gasteiger partial charge in [0.1, 0.15) is 5.75 Å². The molecule has 2 amide bonds. The zero-order valence-corrected chi connectivity index (χ0v) is 15.5. The van der Waals surface area contributed by atoms with Gasteiger partial charge in [-0.1, -0.05) is 24.3 Å². The monoisotopic (exact) mass is 394 g/mol. The van der Waals surface area contributed by atoms with E-state index in [0.717, 1.165) is 12.1 Å². The van der Waals surface area contributed by atoms with Gasteiger partial charge >= 0.3 is 6.18 Å². The van der Waals surface area contributed by atoms with Crippen LogP contribution in [-0.2, 0) is 22.2 Å². The van der Waals surface area contributed by atoms with Crippen LogP contribution in [0.15, 0.2) is 48.5 Å². The van der Waals surface area contributed by atoms with E-state index in [9.17, 15) is 22.8 Å². The first-order valence-corrected chi connectivity index (χ1v) is 8.60. The predicted molar refractivity (Wildman–Crippen MR) is 99.0 cm³/mol. The molecule has 0 saturated carbocycles. The minimum atomic E-state index is -4.47. The average Bonchev–Trinajstić information content (AvgIpc) is 2.65. The quantitative estimate of drug-likeness (QED) is 0.778. The number of carbonyl (C=O) groups excluding carboxylic acids is 2. The van der Waals surface area contributed by atoms with Gasteiger partial charge in [-0.05, 0) is 30.7 Å². The lowest BCUT2D eigenvalue weighted by molar-refractivity contribution is -0.138. The third-order valence-electron chi connectivity index (χ3n) is 4.03. The fourth-order valence-corrected chi connectivity index (χ4v) is 2.60. The van der Waals surface area contributed by atoms with Gasteiger partial charge in [0.15, 0.2) is 0 Å². The van der Waals surface area contributed by atoms with Crippen molar-refractivity contribution in [3.8, 4) is 5.75 Å². The molecule has 150 valence electrons. The van der Waals surface area contributed by atoms with Gasteiger partial charge in [0.05, 0.1) is 25.6 Å². The highest BCUT2D eigenvalue weighted by molar-refractivity contribution is 5.94. The largest absolute Gasteiger partial charge is 0.497 e. The van der Waals surface area contributed by atoms with Crippen LogP contribution in [0, 0.1) is 0 Å². The van der Waals surface area contributed by atoms with Crippen molar-refractivity contribution in [1.82, 2.24) is 4.90 Å². The second-order valence-electron chi connectivity index (χ2n) is 6.06. The maximum absolute atomic E-state index is 12.8. The fourth-order valence-electron chi connectivity index (χ4n) is 2.60. The Morgan fingerprint density at radius 3 is 2.46 bits per heavy atom. The van der Waals surface area contributed by atoms with Crippen molar-refractivity contribution < 1.29 is 27.5 Å². The Kier molecular flexibility index (Phi) is 7.03. The summed E-state index contributed by atoms with van der Waals surface area (Å²) in [5.74, 6) is -0.263. The van der Waals surface area contributed by atoms with Crippen molar-refractivity contribution in [3.63, 3.8) is 0 Å². The number of rotatable bonds is 7. The molecule has 0 atom stereocenters. The molecule has 0 aliphatic carbocycles. The van der Waals surface area contributed by atoms with E-state index in [-0.39, 0.29) is 25.1 Å². The number of hydrogen-bond acceptors (Lipinski definition) is 3. The normalized spacial score (nSPS) is 11.0. The molecule has 0 saturated heterocycles. The number of alkyl halides is 3. The van der Waals surface area contributed by atoms with Crippen LogP contribution >= 0.6 is 0 Å². The Hall–Kier alpha value is -3.03. The van der Waals surface area contributed by atoms with Crippen molar-refractivity contribution in [2.45, 2.75) is 19.5 Å². The van der Waals surface area contributed by atoms with Crippen LogP contribution < -0.4 is 10.1 Å². The lowest BCUT2D eigenvalue weighted by atomic mass is 10.1. The maximum Gasteiger partial charge on any atom is 0.416 e. The SMILES string of the molecule is CCN(CC(=O)Nc1cccc(OC)c1)C(=O)Cc1cccc(C(F)(F)F)c1. The Balaban J connectivity index is 2.00. The Labute approximate surface area is 161 Å². The Bertz CT molecular complexity index is 837. The van der Waals surface area contributed by atoms with E-state index in [1.165, 1.54) is 24.1 Å². The van der Waals surface area contributed by atoms with Gasteiger partial charge in [0.2, 0.25) is 11.8 Å². The maximum atomic E-state index is 12.8. The van der Waals surface area contributed by atoms with E-state index < -0.39 is 23.6 Å². The van der Waals surface area contributed by atoms with Gasteiger partial charge in [0, 0.05) is 18.3 Å². The summed E-state index contributed by atoms with van der Waals surface area (Å²) in [6.45, 7) is 1.75. The first-order valence-electron chi connectivity index (χ1n) is 8.60. The van der Waals surface area contributed by atoms with Crippen LogP contribution in [0.4, 0.5) is 18.9 Å². The molecule has 0 aromatic heterocycles. The number of hydrogen-bond donors (Lipinski definition) is 1. The van der Waals surface area contributed by atoms with Crippen LogP contribution in [0.25, 0.3) is 0 Å². The summed E-state index contributed by atoms with van der Waals surface area (Å²) in [7, 11) is 1.51. The highest BCUT2D eigenvalue weighted by Gasteiger charge is 2.30. The fraction of sp³-hybridized carbons (Fsp3) is 0.300. The molecule has 2 aromatic rings. The molecule has 0 unspecified atom stereocenters. The molecule has 28 heavy (non-hydrogen) atoms. The van der Waals surface area contributed by atoms with Crippen LogP contribution in [0.3, 0.4) is 0 Å². The van der Waals surface area contributed by atoms with Crippen molar-refractivity contribution >= 4 is 17.5 Å². The molecular formula is C20H21F3N2O3. The van der Waals surface area contributed by atoms with Crippen molar-refractivity contribution in [1.29, 1.82) is 0 Å². The molecule has 0 radical (unpaired) electrons. The lowest BCUT2D eigenvalue weighted by Gasteiger charge is -2.21. The van der Waals surface area contributed by atoms with Gasteiger partial charge in [-0.15, -0.1) is 0 Å². The van der Waals surface area contributed by atoms with Gasteiger partial charge < -0.3 is 15.0 Å². The number of nitrogens with zero attached hydrogens (tertiary/aromatic N) is 1. The number of ether oxygens (including phenoxy) is 1. The van der Waals surface area contributed by atoms with Crippen LogP contribution in [0.2, 0.25) is 0 Å². The summed E-state index contributed by atoms with van der Waals surface area (Å²) in [5.41, 5.74) is -0.0474. The van der Waals surface area contributed by atoms with Crippen molar-refractivity contribution in [2.24, 2.45) is 0 Å². The zero-order valence-electron chi connectivity index (χ0n) is 15.5. The van der Waals surface area contributed by atoms with Gasteiger partial charge in [-0.2, -0.15) is 13.2 Å². The minimum absolute atomic E-state index is 0.203. The number of benzene rings is 2. The first kappa shape index (κ1) is 21.3. The predicted octanol–water partition coefficient (Wildman–Crippen LogP) is 3.74. The summed E-state index contributed by atoms with van der Waals surface area (Å²) < 4.78 is 43.5. The second-order valence-corrected chi connectivity index (χ2v) is 6.06. The highest BCUT2D eigenvalue weighted by Crippen LogP contribution is 2.29. The third kappa shape index (κ3) is 6.00. The van der Waals surface area contributed by atoms with Gasteiger partial charge in [0.25, 0.3) is 0 Å². The van der Waals surface area contributed by atoms with E-state index in [1.54, 1.807) is 31.2 Å². The molecule has 0 bridgehead atoms. The second kappa shape index (κ2) is 9.25. The Morgan fingerprint density at radius 1 is 1.11 bits per heavy atom. The van der Waals surface area contributed by atoms with Crippen LogP contribution in [-0.4, -0.2) is 36.9 Å². The number of likely N-dealkylation sites (N-methyl/N-ethyl adjacent to an activating group) is 1. The summed E-state index contributed by atoms with van der Waals surface area (Å²) in [5, 5.41) is 2.67. The average molecular weight is 394 g/mol. The highest BCUT2D eigenvalue weighted by atomic mass is 19.4. The third-order valence-corrected chi connectivity index (χ3v) is 4.03. The number of nitrogens with one attached hydrogen (secondary N) is 1. The van der Waals surface area contributed by atoms with Crippen LogP contribution in [0.1, 0.15) is 18.1 Å². The van der Waals surface area contributed by atoms with E-state index in [0.29, 0.717) is 11.4 Å². The number of anilines is 1. The molecule has 8 heteroatoms. The van der Waals surface area contributed by atoms with E-state index in [2.05, 4.69) is 5.32 Å². The first-order chi connectivity index (χ1) is 13.2. The summed E-state index contributed by atoms with van der Waals surface area (Å²) >= 11 is 0. The van der Waals surface area contributed by atoms with Gasteiger partial charge in [-0.3, -0.25) is 9.59 Å². The standard InChI is InChI=1S/C20H21F3N2O3/c1-3-25(13-18(26)24-16-8-5-9-17(12-16)28-2)19(27)11-14-6-4-7-15(10-14)20(21,22)23/h4-10,12H,3,11,13H2,1-2H3,(H,24,26). The molecule has 2 aromatic carbocycles. The lowest BCUT2D eigenvalue weighted by Crippen LogP contribution is -2.38. The van der Waals surface area contributed by atoms with Gasteiger partial charge in [-0.25, -0.2) is 0 Å². The Morgan fingerprint density at radius 2 is 1.82 bits per heavy atom. The summed E-state index contributed by atoms with van der Waals surface area (Å²) in [6, 6.07) is 11.4. The van der Waals surface area contributed by atoms with Crippen molar-refractivity contribution in [2.75, 3.05) is 25.5 Å². The number of halogens is 3. The number of carbonyl (C=O) groups is 2. The molecule has 5 nitrogen and oxygen atoms in total. The molecule has 2 rings (SSSR count). The van der Waals surface area contributed by atoms with E-state index in [1.807, 2.05) is 0 Å². The summed E-state index contributed by atoms with van der Waals surface area (Å²) in [4.78, 5) is 26.0. The summed E-state index contributed by atoms with van der Waals surface area (Å²) in [6.07, 6.45) is -4.69. The molecule has 0 spiro atoms. The smallest absolute Gasteiger partial charge is 0.416 e. The molecule has 0 aliphatic rings. The molecule has 0 fully saturated rings. The molecule has 1 N–H and O–H groups in total. The van der Waals surface area contributed by atoms with E-state index in [4.69, 9.17) is 4.74 Å². The van der Waals surface area contributed by atoms with Crippen molar-refractivity contribution in [3.05, 3.63) is 59.7 Å². The number of methoxy groups -OCH3 is 1. The molecular weight excluding hydrogens is 373 g/mol. The molecule has 0 aliphatic heterocycles. The topological polar surface area (TPSA) is 58.6 Å². The van der Waals surface area contributed by atoms with E-state index >= 15 is 0 Å². The van der Waals surface area contributed by atoms with Crippen LogP contribution in [0.5, 0.6) is 5.75 Å². The minimum Gasteiger partial charge on any atom is -0.497 e.